The van der Waals surface area contributed by atoms with E-state index < -0.39 is 10.0 Å². The van der Waals surface area contributed by atoms with Crippen molar-refractivity contribution in [2.24, 2.45) is 5.41 Å². The molecule has 183 valence electrons. The SMILES string of the molecule is CCCCCCCCOc1ccc(C(C)(C)CC(C)(C)C)cc1S(=O)(=O)Nc1cc[c]cc1. The highest BCUT2D eigenvalue weighted by Crippen LogP contribution is 2.39. The maximum Gasteiger partial charge on any atom is 0.265 e. The highest BCUT2D eigenvalue weighted by molar-refractivity contribution is 7.92. The highest BCUT2D eigenvalue weighted by atomic mass is 32.2. The maximum absolute atomic E-state index is 13.4. The molecule has 0 atom stereocenters. The number of hydrogen-bond acceptors (Lipinski definition) is 3. The minimum Gasteiger partial charge on any atom is -0.492 e. The number of anilines is 1. The van der Waals surface area contributed by atoms with Crippen molar-refractivity contribution in [3.8, 4) is 5.75 Å². The van der Waals surface area contributed by atoms with E-state index in [1.165, 1.54) is 25.7 Å². The second-order valence-corrected chi connectivity index (χ2v) is 12.4. The van der Waals surface area contributed by atoms with Gasteiger partial charge in [-0.2, -0.15) is 0 Å². The lowest BCUT2D eigenvalue weighted by atomic mass is 9.72. The topological polar surface area (TPSA) is 55.4 Å². The molecular formula is C28H42NO3S. The van der Waals surface area contributed by atoms with Gasteiger partial charge in [-0.05, 0) is 59.6 Å². The molecule has 1 radical (unpaired) electrons. The van der Waals surface area contributed by atoms with Crippen LogP contribution in [0, 0.1) is 11.5 Å². The maximum atomic E-state index is 13.4. The Balaban J connectivity index is 2.29. The summed E-state index contributed by atoms with van der Waals surface area (Å²) in [5.74, 6) is 0.411. The summed E-state index contributed by atoms with van der Waals surface area (Å²) in [6.45, 7) is 13.7. The highest BCUT2D eigenvalue weighted by Gasteiger charge is 2.30. The summed E-state index contributed by atoms with van der Waals surface area (Å²) in [6, 6.07) is 15.3. The molecule has 4 nitrogen and oxygen atoms in total. The minimum atomic E-state index is -3.81. The van der Waals surface area contributed by atoms with Gasteiger partial charge < -0.3 is 4.74 Å². The molecule has 2 rings (SSSR count). The Labute approximate surface area is 202 Å². The van der Waals surface area contributed by atoms with E-state index in [0.29, 0.717) is 18.0 Å². The summed E-state index contributed by atoms with van der Waals surface area (Å²) in [5, 5.41) is 0. The Morgan fingerprint density at radius 3 is 2.18 bits per heavy atom. The van der Waals surface area contributed by atoms with Crippen molar-refractivity contribution in [2.75, 3.05) is 11.3 Å². The molecule has 0 aromatic heterocycles. The third kappa shape index (κ3) is 9.04. The number of benzene rings is 2. The standard InChI is InChI=1S/C28H42NO3S/c1-7-8-9-10-11-15-20-32-25-19-18-23(28(5,6)22-27(2,3)4)21-26(25)33(30,31)29-24-16-13-12-14-17-24/h13-14,16-19,21,29H,7-11,15,20,22H2,1-6H3. The van der Waals surface area contributed by atoms with Gasteiger partial charge in [-0.3, -0.25) is 4.72 Å². The van der Waals surface area contributed by atoms with E-state index in [2.05, 4.69) is 52.3 Å². The zero-order chi connectivity index (χ0) is 24.5. The first kappa shape index (κ1) is 27.2. The molecule has 2 aromatic rings. The average Bonchev–Trinajstić information content (AvgIpc) is 2.72. The van der Waals surface area contributed by atoms with Gasteiger partial charge in [0.05, 0.1) is 6.61 Å². The molecule has 2 aromatic carbocycles. The zero-order valence-electron chi connectivity index (χ0n) is 21.3. The number of unbranched alkanes of at least 4 members (excludes halogenated alkanes) is 5. The van der Waals surface area contributed by atoms with Crippen LogP contribution in [0.1, 0.15) is 92.1 Å². The monoisotopic (exact) mass is 472 g/mol. The fourth-order valence-electron chi connectivity index (χ4n) is 4.42. The van der Waals surface area contributed by atoms with Crippen molar-refractivity contribution < 1.29 is 13.2 Å². The summed E-state index contributed by atoms with van der Waals surface area (Å²) >= 11 is 0. The molecule has 0 saturated carbocycles. The lowest BCUT2D eigenvalue weighted by Crippen LogP contribution is -2.25. The van der Waals surface area contributed by atoms with Crippen molar-refractivity contribution in [1.82, 2.24) is 0 Å². The van der Waals surface area contributed by atoms with E-state index in [0.717, 1.165) is 24.8 Å². The zero-order valence-corrected chi connectivity index (χ0v) is 22.1. The van der Waals surface area contributed by atoms with Crippen molar-refractivity contribution in [3.63, 3.8) is 0 Å². The van der Waals surface area contributed by atoms with Gasteiger partial charge >= 0.3 is 0 Å². The third-order valence-corrected chi connectivity index (χ3v) is 7.12. The molecular weight excluding hydrogens is 430 g/mol. The summed E-state index contributed by atoms with van der Waals surface area (Å²) in [5.41, 5.74) is 1.44. The van der Waals surface area contributed by atoms with Gasteiger partial charge in [0.2, 0.25) is 0 Å². The second kappa shape index (κ2) is 11.9. The molecule has 0 unspecified atom stereocenters. The number of sulfonamides is 1. The Hall–Kier alpha value is -2.01. The molecule has 33 heavy (non-hydrogen) atoms. The van der Waals surface area contributed by atoms with Gasteiger partial charge in [-0.15, -0.1) is 0 Å². The van der Waals surface area contributed by atoms with Crippen molar-refractivity contribution in [1.29, 1.82) is 0 Å². The number of rotatable bonds is 13. The smallest absolute Gasteiger partial charge is 0.265 e. The van der Waals surface area contributed by atoms with Gasteiger partial charge in [0.25, 0.3) is 10.0 Å². The predicted molar refractivity (Wildman–Crippen MR) is 138 cm³/mol. The van der Waals surface area contributed by atoms with Crippen LogP contribution in [-0.4, -0.2) is 15.0 Å². The number of hydrogen-bond donors (Lipinski definition) is 1. The van der Waals surface area contributed by atoms with E-state index >= 15 is 0 Å². The first-order chi connectivity index (χ1) is 15.4. The fraction of sp³-hybridized carbons (Fsp3) is 0.571. The molecule has 5 heteroatoms. The minimum absolute atomic E-state index is 0.119. The van der Waals surface area contributed by atoms with E-state index in [1.807, 2.05) is 12.1 Å². The van der Waals surface area contributed by atoms with Crippen LogP contribution in [0.3, 0.4) is 0 Å². The largest absolute Gasteiger partial charge is 0.492 e. The Bertz CT molecular complexity index is 960. The van der Waals surface area contributed by atoms with Crippen LogP contribution in [0.5, 0.6) is 5.75 Å². The molecule has 0 spiro atoms. The molecule has 0 heterocycles. The molecule has 0 aliphatic heterocycles. The van der Waals surface area contributed by atoms with Crippen LogP contribution in [0.15, 0.2) is 47.4 Å². The van der Waals surface area contributed by atoms with Crippen LogP contribution >= 0.6 is 0 Å². The van der Waals surface area contributed by atoms with Crippen molar-refractivity contribution in [3.05, 3.63) is 54.1 Å². The molecule has 1 N–H and O–H groups in total. The Morgan fingerprint density at radius 2 is 1.55 bits per heavy atom. The molecule has 0 fully saturated rings. The van der Waals surface area contributed by atoms with Gasteiger partial charge in [0.1, 0.15) is 10.6 Å². The van der Waals surface area contributed by atoms with Gasteiger partial charge in [0.15, 0.2) is 0 Å². The van der Waals surface area contributed by atoms with E-state index in [-0.39, 0.29) is 15.7 Å². The van der Waals surface area contributed by atoms with E-state index in [1.54, 1.807) is 30.3 Å². The van der Waals surface area contributed by atoms with Gasteiger partial charge in [-0.25, -0.2) is 8.42 Å². The lowest BCUT2D eigenvalue weighted by Gasteiger charge is -2.33. The van der Waals surface area contributed by atoms with Crippen LogP contribution in [0.25, 0.3) is 0 Å². The number of ether oxygens (including phenoxy) is 1. The van der Waals surface area contributed by atoms with Crippen LogP contribution < -0.4 is 9.46 Å². The Morgan fingerprint density at radius 1 is 0.909 bits per heavy atom. The fourth-order valence-corrected chi connectivity index (χ4v) is 5.65. The predicted octanol–water partition coefficient (Wildman–Crippen LogP) is 7.74. The lowest BCUT2D eigenvalue weighted by molar-refractivity contribution is 0.281. The third-order valence-electron chi connectivity index (χ3n) is 5.71. The van der Waals surface area contributed by atoms with Crippen LogP contribution in [0.2, 0.25) is 0 Å². The van der Waals surface area contributed by atoms with Gasteiger partial charge in [-0.1, -0.05) is 91.8 Å². The first-order valence-corrected chi connectivity index (χ1v) is 13.7. The van der Waals surface area contributed by atoms with Crippen molar-refractivity contribution in [2.45, 2.75) is 96.8 Å². The second-order valence-electron chi connectivity index (χ2n) is 10.8. The van der Waals surface area contributed by atoms with Crippen LogP contribution in [0.4, 0.5) is 5.69 Å². The Kier molecular flexibility index (Phi) is 9.84. The summed E-state index contributed by atoms with van der Waals surface area (Å²) in [7, 11) is -3.81. The van der Waals surface area contributed by atoms with Crippen LogP contribution in [-0.2, 0) is 15.4 Å². The normalized spacial score (nSPS) is 12.5. The van der Waals surface area contributed by atoms with E-state index in [4.69, 9.17) is 4.74 Å². The number of nitrogens with one attached hydrogen (secondary N) is 1. The van der Waals surface area contributed by atoms with Crippen molar-refractivity contribution >= 4 is 15.7 Å². The molecule has 0 aliphatic carbocycles. The quantitative estimate of drug-likeness (QED) is 0.303. The average molecular weight is 473 g/mol. The molecule has 0 amide bonds. The van der Waals surface area contributed by atoms with Gasteiger partial charge in [0, 0.05) is 5.69 Å². The molecule has 0 saturated heterocycles. The summed E-state index contributed by atoms with van der Waals surface area (Å²) in [4.78, 5) is 0.195. The molecule has 0 bridgehead atoms. The first-order valence-electron chi connectivity index (χ1n) is 12.2. The summed E-state index contributed by atoms with van der Waals surface area (Å²) < 4.78 is 35.5. The summed E-state index contributed by atoms with van der Waals surface area (Å²) in [6.07, 6.45) is 7.86. The molecule has 0 aliphatic rings. The van der Waals surface area contributed by atoms with E-state index in [9.17, 15) is 8.42 Å².